The van der Waals surface area contributed by atoms with E-state index in [9.17, 15) is 8.42 Å². The number of nitrogens with zero attached hydrogens (tertiary/aromatic N) is 1. The Morgan fingerprint density at radius 2 is 1.90 bits per heavy atom. The molecule has 2 rings (SSSR count). The molecular weight excluding hydrogens is 335 g/mol. The molecular formula is C13H18Cl2N2O3S. The second-order valence-corrected chi connectivity index (χ2v) is 7.70. The van der Waals surface area contributed by atoms with Crippen molar-refractivity contribution in [2.45, 2.75) is 19.8 Å². The van der Waals surface area contributed by atoms with E-state index in [0.717, 1.165) is 5.56 Å². The summed E-state index contributed by atoms with van der Waals surface area (Å²) in [4.78, 5) is 0. The summed E-state index contributed by atoms with van der Waals surface area (Å²) in [5.74, 6) is 0.175. The Morgan fingerprint density at radius 1 is 1.29 bits per heavy atom. The first-order chi connectivity index (χ1) is 9.83. The van der Waals surface area contributed by atoms with Crippen molar-refractivity contribution in [3.63, 3.8) is 0 Å². The topological polar surface area (TPSA) is 69.6 Å². The highest BCUT2D eigenvalue weighted by Crippen LogP contribution is 2.30. The van der Waals surface area contributed by atoms with Crippen LogP contribution in [-0.2, 0) is 10.2 Å². The van der Waals surface area contributed by atoms with E-state index in [0.29, 0.717) is 36.0 Å². The van der Waals surface area contributed by atoms with Crippen molar-refractivity contribution in [2.24, 2.45) is 5.92 Å². The second-order valence-electron chi connectivity index (χ2n) is 5.21. The lowest BCUT2D eigenvalue weighted by Crippen LogP contribution is -2.42. The number of nitrogens with one attached hydrogen (secondary N) is 1. The zero-order valence-corrected chi connectivity index (χ0v) is 14.0. The van der Waals surface area contributed by atoms with Crippen molar-refractivity contribution in [1.29, 1.82) is 0 Å². The van der Waals surface area contributed by atoms with Gasteiger partial charge in [0.2, 0.25) is 0 Å². The minimum Gasteiger partial charge on any atom is -0.396 e. The van der Waals surface area contributed by atoms with Crippen molar-refractivity contribution in [2.75, 3.05) is 24.4 Å². The van der Waals surface area contributed by atoms with Crippen molar-refractivity contribution >= 4 is 39.1 Å². The number of aliphatic hydroxyl groups excluding tert-OH is 1. The van der Waals surface area contributed by atoms with E-state index in [-0.39, 0.29) is 18.2 Å². The van der Waals surface area contributed by atoms with Gasteiger partial charge >= 0.3 is 10.2 Å². The van der Waals surface area contributed by atoms with Crippen LogP contribution >= 0.6 is 23.2 Å². The first kappa shape index (κ1) is 16.8. The maximum atomic E-state index is 12.3. The summed E-state index contributed by atoms with van der Waals surface area (Å²) in [6.45, 7) is 2.67. The summed E-state index contributed by atoms with van der Waals surface area (Å²) in [6.07, 6.45) is 1.31. The van der Waals surface area contributed by atoms with Gasteiger partial charge in [-0.3, -0.25) is 4.72 Å². The molecule has 0 atom stereocenters. The van der Waals surface area contributed by atoms with Gasteiger partial charge < -0.3 is 5.11 Å². The fraction of sp³-hybridized carbons (Fsp3) is 0.538. The van der Waals surface area contributed by atoms with Crippen LogP contribution in [0, 0.1) is 12.8 Å². The van der Waals surface area contributed by atoms with Gasteiger partial charge in [0.1, 0.15) is 0 Å². The van der Waals surface area contributed by atoms with Crippen LogP contribution in [0.4, 0.5) is 5.69 Å². The molecule has 0 aliphatic carbocycles. The average Bonchev–Trinajstić information content (AvgIpc) is 2.44. The van der Waals surface area contributed by atoms with Crippen LogP contribution in [0.2, 0.25) is 10.0 Å². The van der Waals surface area contributed by atoms with Gasteiger partial charge in [-0.05, 0) is 43.4 Å². The predicted molar refractivity (Wildman–Crippen MR) is 85.1 cm³/mol. The number of hydrogen-bond acceptors (Lipinski definition) is 3. The van der Waals surface area contributed by atoms with Gasteiger partial charge in [0.25, 0.3) is 0 Å². The number of benzene rings is 1. The Balaban J connectivity index is 2.13. The first-order valence-corrected chi connectivity index (χ1v) is 8.87. The zero-order chi connectivity index (χ0) is 15.6. The van der Waals surface area contributed by atoms with Gasteiger partial charge in [0.05, 0.1) is 10.7 Å². The SMILES string of the molecule is Cc1cc(Cl)c(NS(=O)(=O)N2CCC(CO)CC2)cc1Cl. The lowest BCUT2D eigenvalue weighted by molar-refractivity contribution is 0.170. The van der Waals surface area contributed by atoms with E-state index in [1.807, 2.05) is 0 Å². The maximum absolute atomic E-state index is 12.3. The summed E-state index contributed by atoms with van der Waals surface area (Å²) in [7, 11) is -3.66. The van der Waals surface area contributed by atoms with Gasteiger partial charge in [0, 0.05) is 24.7 Å². The largest absolute Gasteiger partial charge is 0.396 e. The average molecular weight is 353 g/mol. The quantitative estimate of drug-likeness (QED) is 0.874. The predicted octanol–water partition coefficient (Wildman–Crippen LogP) is 2.66. The first-order valence-electron chi connectivity index (χ1n) is 6.68. The molecule has 1 aliphatic heterocycles. The van der Waals surface area contributed by atoms with Crippen LogP contribution in [-0.4, -0.2) is 37.5 Å². The van der Waals surface area contributed by atoms with Crippen LogP contribution in [0.15, 0.2) is 12.1 Å². The molecule has 1 saturated heterocycles. The van der Waals surface area contributed by atoms with Crippen molar-refractivity contribution in [3.05, 3.63) is 27.7 Å². The van der Waals surface area contributed by atoms with Crippen LogP contribution in [0.5, 0.6) is 0 Å². The number of piperidine rings is 1. The molecule has 1 aromatic rings. The monoisotopic (exact) mass is 352 g/mol. The highest BCUT2D eigenvalue weighted by molar-refractivity contribution is 7.90. The number of aryl methyl sites for hydroxylation is 1. The minimum absolute atomic E-state index is 0.0979. The molecule has 1 aliphatic rings. The molecule has 0 spiro atoms. The zero-order valence-electron chi connectivity index (χ0n) is 11.6. The number of rotatable bonds is 4. The Morgan fingerprint density at radius 3 is 2.48 bits per heavy atom. The molecule has 0 radical (unpaired) electrons. The fourth-order valence-corrected chi connectivity index (χ4v) is 4.01. The van der Waals surface area contributed by atoms with Gasteiger partial charge in [0.15, 0.2) is 0 Å². The Kier molecular flexibility index (Phi) is 5.38. The number of hydrogen-bond donors (Lipinski definition) is 2. The lowest BCUT2D eigenvalue weighted by Gasteiger charge is -2.30. The Labute approximate surface area is 135 Å². The van der Waals surface area contributed by atoms with E-state index in [1.165, 1.54) is 10.4 Å². The molecule has 118 valence electrons. The number of halogens is 2. The van der Waals surface area contributed by atoms with Crippen molar-refractivity contribution in [1.82, 2.24) is 4.31 Å². The van der Waals surface area contributed by atoms with E-state index in [1.54, 1.807) is 13.0 Å². The molecule has 0 bridgehead atoms. The fourth-order valence-electron chi connectivity index (χ4n) is 2.26. The molecule has 1 aromatic carbocycles. The molecule has 0 saturated carbocycles. The Bertz CT molecular complexity index is 614. The van der Waals surface area contributed by atoms with E-state index >= 15 is 0 Å². The summed E-state index contributed by atoms with van der Waals surface area (Å²) < 4.78 is 28.5. The number of anilines is 1. The van der Waals surface area contributed by atoms with E-state index < -0.39 is 10.2 Å². The van der Waals surface area contributed by atoms with Gasteiger partial charge in [-0.1, -0.05) is 23.2 Å². The van der Waals surface area contributed by atoms with Crippen LogP contribution in [0.3, 0.4) is 0 Å². The van der Waals surface area contributed by atoms with E-state index in [4.69, 9.17) is 28.3 Å². The molecule has 2 N–H and O–H groups in total. The third kappa shape index (κ3) is 4.02. The molecule has 8 heteroatoms. The van der Waals surface area contributed by atoms with Gasteiger partial charge in [-0.15, -0.1) is 0 Å². The summed E-state index contributed by atoms with van der Waals surface area (Å²) in [5.41, 5.74) is 1.06. The molecule has 1 fully saturated rings. The summed E-state index contributed by atoms with van der Waals surface area (Å²) >= 11 is 12.1. The highest BCUT2D eigenvalue weighted by Gasteiger charge is 2.28. The van der Waals surface area contributed by atoms with Crippen molar-refractivity contribution < 1.29 is 13.5 Å². The van der Waals surface area contributed by atoms with Crippen LogP contribution in [0.1, 0.15) is 18.4 Å². The van der Waals surface area contributed by atoms with Crippen LogP contribution in [0.25, 0.3) is 0 Å². The van der Waals surface area contributed by atoms with Gasteiger partial charge in [-0.2, -0.15) is 12.7 Å². The molecule has 0 aromatic heterocycles. The smallest absolute Gasteiger partial charge is 0.301 e. The molecule has 21 heavy (non-hydrogen) atoms. The van der Waals surface area contributed by atoms with Crippen LogP contribution < -0.4 is 4.72 Å². The lowest BCUT2D eigenvalue weighted by atomic mass is 10.00. The van der Waals surface area contributed by atoms with E-state index in [2.05, 4.69) is 4.72 Å². The number of aliphatic hydroxyl groups is 1. The Hall–Kier alpha value is -0.530. The summed E-state index contributed by atoms with van der Waals surface area (Å²) in [5, 5.41) is 9.86. The molecule has 0 amide bonds. The minimum atomic E-state index is -3.66. The molecule has 0 unspecified atom stereocenters. The third-order valence-corrected chi connectivity index (χ3v) is 5.90. The normalized spacial score (nSPS) is 17.9. The highest BCUT2D eigenvalue weighted by atomic mass is 35.5. The van der Waals surface area contributed by atoms with Crippen molar-refractivity contribution in [3.8, 4) is 0 Å². The standard InChI is InChI=1S/C13H18Cl2N2O3S/c1-9-6-12(15)13(7-11(9)14)16-21(19,20)17-4-2-10(8-18)3-5-17/h6-7,10,16,18H,2-5,8H2,1H3. The van der Waals surface area contributed by atoms with Gasteiger partial charge in [-0.25, -0.2) is 0 Å². The molecule has 1 heterocycles. The summed E-state index contributed by atoms with van der Waals surface area (Å²) in [6, 6.07) is 3.14. The third-order valence-electron chi connectivity index (χ3n) is 3.66. The molecule has 5 nitrogen and oxygen atoms in total. The second kappa shape index (κ2) is 6.71. The maximum Gasteiger partial charge on any atom is 0.301 e.